The van der Waals surface area contributed by atoms with E-state index in [1.807, 2.05) is 0 Å². The van der Waals surface area contributed by atoms with Crippen LogP contribution in [0.1, 0.15) is 19.8 Å². The first kappa shape index (κ1) is 13.8. The second kappa shape index (κ2) is 6.44. The normalized spacial score (nSPS) is 22.0. The molecular formula is C11H20N2O4. The minimum absolute atomic E-state index is 0.214. The summed E-state index contributed by atoms with van der Waals surface area (Å²) in [4.78, 5) is 23.7. The van der Waals surface area contributed by atoms with Gasteiger partial charge in [-0.2, -0.15) is 0 Å². The molecular weight excluding hydrogens is 224 g/mol. The Morgan fingerprint density at radius 1 is 1.53 bits per heavy atom. The number of hydrogen-bond acceptors (Lipinski definition) is 3. The van der Waals surface area contributed by atoms with Crippen molar-refractivity contribution in [1.82, 2.24) is 10.2 Å². The van der Waals surface area contributed by atoms with E-state index >= 15 is 0 Å². The molecule has 1 rings (SSSR count). The lowest BCUT2D eigenvalue weighted by atomic mass is 10.3. The minimum Gasteiger partial charge on any atom is -0.480 e. The highest BCUT2D eigenvalue weighted by Crippen LogP contribution is 2.33. The minimum atomic E-state index is -1.01. The van der Waals surface area contributed by atoms with E-state index in [1.54, 1.807) is 0 Å². The van der Waals surface area contributed by atoms with E-state index in [-0.39, 0.29) is 25.2 Å². The Labute approximate surface area is 101 Å². The number of methoxy groups -OCH3 is 1. The largest absolute Gasteiger partial charge is 0.480 e. The maximum absolute atomic E-state index is 11.8. The van der Waals surface area contributed by atoms with Gasteiger partial charge in [0, 0.05) is 19.7 Å². The van der Waals surface area contributed by atoms with Gasteiger partial charge in [0.15, 0.2) is 0 Å². The van der Waals surface area contributed by atoms with Crippen molar-refractivity contribution in [1.29, 1.82) is 0 Å². The van der Waals surface area contributed by atoms with E-state index in [2.05, 4.69) is 12.2 Å². The van der Waals surface area contributed by atoms with Gasteiger partial charge in [0.25, 0.3) is 0 Å². The molecule has 0 aliphatic heterocycles. The number of nitrogens with zero attached hydrogens (tertiary/aromatic N) is 1. The Hall–Kier alpha value is -1.30. The lowest BCUT2D eigenvalue weighted by Gasteiger charge is -2.20. The number of nitrogens with one attached hydrogen (secondary N) is 1. The molecule has 6 heteroatoms. The quantitative estimate of drug-likeness (QED) is 0.684. The summed E-state index contributed by atoms with van der Waals surface area (Å²) in [5, 5.41) is 11.6. The molecule has 17 heavy (non-hydrogen) atoms. The van der Waals surface area contributed by atoms with Gasteiger partial charge in [0.1, 0.15) is 6.54 Å². The van der Waals surface area contributed by atoms with E-state index < -0.39 is 5.97 Å². The fourth-order valence-electron chi connectivity index (χ4n) is 1.74. The van der Waals surface area contributed by atoms with E-state index in [0.717, 1.165) is 12.8 Å². The first-order valence-corrected chi connectivity index (χ1v) is 5.84. The van der Waals surface area contributed by atoms with E-state index in [1.165, 1.54) is 12.0 Å². The molecule has 0 aromatic heterocycles. The van der Waals surface area contributed by atoms with Gasteiger partial charge >= 0.3 is 12.0 Å². The molecule has 1 fully saturated rings. The molecule has 1 saturated carbocycles. The maximum Gasteiger partial charge on any atom is 0.323 e. The van der Waals surface area contributed by atoms with Crippen LogP contribution in [0, 0.1) is 5.92 Å². The van der Waals surface area contributed by atoms with Gasteiger partial charge in [-0.3, -0.25) is 4.79 Å². The molecule has 2 amide bonds. The second-order valence-electron chi connectivity index (χ2n) is 4.27. The lowest BCUT2D eigenvalue weighted by molar-refractivity contribution is -0.137. The van der Waals surface area contributed by atoms with Gasteiger partial charge in [-0.15, -0.1) is 0 Å². The molecule has 2 N–H and O–H groups in total. The highest BCUT2D eigenvalue weighted by molar-refractivity contribution is 5.80. The van der Waals surface area contributed by atoms with Gasteiger partial charge in [-0.1, -0.05) is 13.3 Å². The smallest absolute Gasteiger partial charge is 0.323 e. The van der Waals surface area contributed by atoms with Gasteiger partial charge in [-0.05, 0) is 12.3 Å². The van der Waals surface area contributed by atoms with Crippen LogP contribution in [0.2, 0.25) is 0 Å². The molecule has 0 spiro atoms. The number of aliphatic carboxylic acids is 1. The van der Waals surface area contributed by atoms with Crippen molar-refractivity contribution in [2.75, 3.05) is 26.8 Å². The highest BCUT2D eigenvalue weighted by atomic mass is 16.5. The third-order valence-corrected chi connectivity index (χ3v) is 2.93. The van der Waals surface area contributed by atoms with Gasteiger partial charge < -0.3 is 20.1 Å². The molecule has 6 nitrogen and oxygen atoms in total. The van der Waals surface area contributed by atoms with Crippen LogP contribution in [0.5, 0.6) is 0 Å². The fraction of sp³-hybridized carbons (Fsp3) is 0.818. The number of ether oxygens (including phenoxy) is 1. The molecule has 0 radical (unpaired) electrons. The SMILES string of the molecule is CCC1CC1NC(=O)N(CCOC)CC(=O)O. The third kappa shape index (κ3) is 4.60. The van der Waals surface area contributed by atoms with Crippen LogP contribution in [0.4, 0.5) is 4.79 Å². The third-order valence-electron chi connectivity index (χ3n) is 2.93. The summed E-state index contributed by atoms with van der Waals surface area (Å²) >= 11 is 0. The molecule has 1 aliphatic carbocycles. The van der Waals surface area contributed by atoms with E-state index in [0.29, 0.717) is 12.5 Å². The highest BCUT2D eigenvalue weighted by Gasteiger charge is 2.37. The Balaban J connectivity index is 2.39. The first-order valence-electron chi connectivity index (χ1n) is 5.84. The number of hydrogen-bond donors (Lipinski definition) is 2. The summed E-state index contributed by atoms with van der Waals surface area (Å²) < 4.78 is 4.85. The van der Waals surface area contributed by atoms with Crippen LogP contribution in [-0.2, 0) is 9.53 Å². The lowest BCUT2D eigenvalue weighted by Crippen LogP contribution is -2.45. The Morgan fingerprint density at radius 3 is 2.71 bits per heavy atom. The van der Waals surface area contributed by atoms with E-state index in [9.17, 15) is 9.59 Å². The zero-order valence-corrected chi connectivity index (χ0v) is 10.3. The topological polar surface area (TPSA) is 78.9 Å². The molecule has 0 aromatic carbocycles. The molecule has 1 aliphatic rings. The average molecular weight is 244 g/mol. The van der Waals surface area contributed by atoms with Gasteiger partial charge in [0.2, 0.25) is 0 Å². The maximum atomic E-state index is 11.8. The predicted octanol–water partition coefficient (Wildman–Crippen LogP) is 0.527. The van der Waals surface area contributed by atoms with Crippen LogP contribution in [0.15, 0.2) is 0 Å². The molecule has 0 aromatic rings. The number of urea groups is 1. The summed E-state index contributed by atoms with van der Waals surface area (Å²) in [5.41, 5.74) is 0. The number of rotatable bonds is 7. The van der Waals surface area contributed by atoms with Gasteiger partial charge in [0.05, 0.1) is 6.61 Å². The van der Waals surface area contributed by atoms with Gasteiger partial charge in [-0.25, -0.2) is 4.79 Å². The van der Waals surface area contributed by atoms with Crippen molar-refractivity contribution < 1.29 is 19.4 Å². The molecule has 2 unspecified atom stereocenters. The van der Waals surface area contributed by atoms with Crippen LogP contribution in [-0.4, -0.2) is 54.9 Å². The summed E-state index contributed by atoms with van der Waals surface area (Å²) in [6.45, 7) is 2.41. The van der Waals surface area contributed by atoms with Crippen LogP contribution < -0.4 is 5.32 Å². The number of carboxylic acid groups (broad SMARTS) is 1. The number of carbonyl (C=O) groups excluding carboxylic acids is 1. The summed E-state index contributed by atoms with van der Waals surface area (Å²) in [6.07, 6.45) is 2.04. The second-order valence-corrected chi connectivity index (χ2v) is 4.27. The van der Waals surface area contributed by atoms with E-state index in [4.69, 9.17) is 9.84 Å². The van der Waals surface area contributed by atoms with Crippen LogP contribution >= 0.6 is 0 Å². The van der Waals surface area contributed by atoms with Crippen molar-refractivity contribution in [3.63, 3.8) is 0 Å². The van der Waals surface area contributed by atoms with Crippen molar-refractivity contribution >= 4 is 12.0 Å². The predicted molar refractivity (Wildman–Crippen MR) is 61.8 cm³/mol. The molecule has 0 heterocycles. The average Bonchev–Trinajstić information content (AvgIpc) is 3.02. The Morgan fingerprint density at radius 2 is 2.24 bits per heavy atom. The number of carbonyl (C=O) groups is 2. The fourth-order valence-corrected chi connectivity index (χ4v) is 1.74. The molecule has 2 atom stereocenters. The monoisotopic (exact) mass is 244 g/mol. The Bertz CT molecular complexity index is 283. The zero-order valence-electron chi connectivity index (χ0n) is 10.3. The molecule has 0 bridgehead atoms. The summed E-state index contributed by atoms with van der Waals surface area (Å²) in [6, 6.07) is -0.100. The first-order chi connectivity index (χ1) is 8.08. The molecule has 98 valence electrons. The van der Waals surface area contributed by atoms with Crippen LogP contribution in [0.3, 0.4) is 0 Å². The standard InChI is InChI=1S/C11H20N2O4/c1-3-8-6-9(8)12-11(16)13(4-5-17-2)7-10(14)15/h8-9H,3-7H2,1-2H3,(H,12,16)(H,14,15). The van der Waals surface area contributed by atoms with Crippen LogP contribution in [0.25, 0.3) is 0 Å². The number of carboxylic acids is 1. The summed E-state index contributed by atoms with van der Waals surface area (Å²) in [5.74, 6) is -0.466. The summed E-state index contributed by atoms with van der Waals surface area (Å²) in [7, 11) is 1.52. The van der Waals surface area contributed by atoms with Crippen molar-refractivity contribution in [3.05, 3.63) is 0 Å². The molecule has 0 saturated heterocycles. The van der Waals surface area contributed by atoms with Crippen molar-refractivity contribution in [3.8, 4) is 0 Å². The number of amides is 2. The Kier molecular flexibility index (Phi) is 5.21. The van der Waals surface area contributed by atoms with Crippen molar-refractivity contribution in [2.24, 2.45) is 5.92 Å². The zero-order chi connectivity index (χ0) is 12.8. The van der Waals surface area contributed by atoms with Crippen molar-refractivity contribution in [2.45, 2.75) is 25.8 Å².